The Morgan fingerprint density at radius 3 is 2.70 bits per heavy atom. The van der Waals surface area contributed by atoms with Crippen molar-refractivity contribution in [3.63, 3.8) is 0 Å². The number of aromatic nitrogens is 3. The fourth-order valence-electron chi connectivity index (χ4n) is 3.49. The van der Waals surface area contributed by atoms with E-state index in [-0.39, 0.29) is 17.3 Å². The van der Waals surface area contributed by atoms with Crippen LogP contribution in [0.2, 0.25) is 0 Å². The topological polar surface area (TPSA) is 131 Å². The van der Waals surface area contributed by atoms with Gasteiger partial charge in [0.1, 0.15) is 0 Å². The van der Waals surface area contributed by atoms with E-state index in [9.17, 15) is 19.7 Å². The van der Waals surface area contributed by atoms with Crippen molar-refractivity contribution in [1.29, 1.82) is 0 Å². The second kappa shape index (κ2) is 6.76. The molecule has 2 aromatic heterocycles. The molecule has 0 saturated heterocycles. The van der Waals surface area contributed by atoms with Gasteiger partial charge in [0.25, 0.3) is 5.69 Å². The number of rotatable bonds is 5. The molecule has 1 aliphatic rings. The Morgan fingerprint density at radius 2 is 1.96 bits per heavy atom. The Balaban J connectivity index is 1.61. The average Bonchev–Trinajstić information content (AvgIpc) is 3.07. The summed E-state index contributed by atoms with van der Waals surface area (Å²) in [4.78, 5) is 43.4. The quantitative estimate of drug-likeness (QED) is 0.396. The van der Waals surface area contributed by atoms with Gasteiger partial charge in [-0.3, -0.25) is 24.7 Å². The minimum Gasteiger partial charge on any atom is -0.377 e. The van der Waals surface area contributed by atoms with Crippen LogP contribution < -0.4 is 11.1 Å². The van der Waals surface area contributed by atoms with Gasteiger partial charge in [0.05, 0.1) is 28.7 Å². The largest absolute Gasteiger partial charge is 0.377 e. The Hall–Kier alpha value is -3.33. The van der Waals surface area contributed by atoms with Crippen molar-refractivity contribution >= 4 is 16.7 Å². The van der Waals surface area contributed by atoms with E-state index in [4.69, 9.17) is 4.74 Å². The molecule has 0 fully saturated rings. The zero-order valence-electron chi connectivity index (χ0n) is 14.2. The van der Waals surface area contributed by atoms with Crippen LogP contribution in [0.25, 0.3) is 11.0 Å². The summed E-state index contributed by atoms with van der Waals surface area (Å²) in [6, 6.07) is 6.95. The van der Waals surface area contributed by atoms with Crippen molar-refractivity contribution in [2.45, 2.75) is 25.4 Å². The Kier molecular flexibility index (Phi) is 4.28. The van der Waals surface area contributed by atoms with Crippen LogP contribution in [0.5, 0.6) is 0 Å². The van der Waals surface area contributed by atoms with Gasteiger partial charge in [-0.1, -0.05) is 6.07 Å². The van der Waals surface area contributed by atoms with E-state index < -0.39 is 16.0 Å². The summed E-state index contributed by atoms with van der Waals surface area (Å²) >= 11 is 0. The lowest BCUT2D eigenvalue weighted by molar-refractivity contribution is -0.385. The van der Waals surface area contributed by atoms with E-state index >= 15 is 0 Å². The number of nitro benzene ring substituents is 1. The highest BCUT2D eigenvalue weighted by atomic mass is 16.6. The monoisotopic (exact) mass is 368 g/mol. The second-order valence-corrected chi connectivity index (χ2v) is 6.41. The summed E-state index contributed by atoms with van der Waals surface area (Å²) in [5.74, 6) is 0. The number of hydrogen-bond acceptors (Lipinski definition) is 6. The summed E-state index contributed by atoms with van der Waals surface area (Å²) in [5, 5.41) is 11.5. The summed E-state index contributed by atoms with van der Waals surface area (Å²) in [7, 11) is 0. The lowest BCUT2D eigenvalue weighted by Gasteiger charge is -2.10. The van der Waals surface area contributed by atoms with Gasteiger partial charge < -0.3 is 14.7 Å². The maximum absolute atomic E-state index is 11.7. The molecule has 4 rings (SSSR count). The van der Waals surface area contributed by atoms with Crippen molar-refractivity contribution in [1.82, 2.24) is 15.0 Å². The average molecular weight is 368 g/mol. The van der Waals surface area contributed by atoms with E-state index in [0.29, 0.717) is 42.5 Å². The van der Waals surface area contributed by atoms with Gasteiger partial charge in [-0.2, -0.15) is 0 Å². The lowest BCUT2D eigenvalue weighted by Crippen LogP contribution is -2.29. The van der Waals surface area contributed by atoms with Crippen molar-refractivity contribution in [2.75, 3.05) is 6.61 Å². The zero-order chi connectivity index (χ0) is 19.0. The number of fused-ring (bicyclic) bond motifs is 3. The van der Waals surface area contributed by atoms with Gasteiger partial charge in [0, 0.05) is 42.8 Å². The smallest absolute Gasteiger partial charge is 0.314 e. The lowest BCUT2D eigenvalue weighted by atomic mass is 10.1. The van der Waals surface area contributed by atoms with Gasteiger partial charge in [0.15, 0.2) is 0 Å². The minimum absolute atomic E-state index is 0.0731. The van der Waals surface area contributed by atoms with Gasteiger partial charge in [-0.05, 0) is 17.7 Å². The molecule has 0 bridgehead atoms. The minimum atomic E-state index is -0.835. The molecule has 0 amide bonds. The van der Waals surface area contributed by atoms with Crippen molar-refractivity contribution in [3.05, 3.63) is 78.1 Å². The molecule has 2 N–H and O–H groups in total. The fraction of sp³-hybridized carbons (Fsp3) is 0.278. The predicted octanol–water partition coefficient (Wildman–Crippen LogP) is 1.25. The number of nitrogens with zero attached hydrogens (tertiary/aromatic N) is 2. The van der Waals surface area contributed by atoms with Gasteiger partial charge in [-0.25, -0.2) is 0 Å². The van der Waals surface area contributed by atoms with Gasteiger partial charge in [0.2, 0.25) is 0 Å². The van der Waals surface area contributed by atoms with E-state index in [1.807, 2.05) is 18.2 Å². The first kappa shape index (κ1) is 17.1. The van der Waals surface area contributed by atoms with Crippen molar-refractivity contribution < 1.29 is 9.66 Å². The Bertz CT molecular complexity index is 1140. The third kappa shape index (κ3) is 3.24. The molecule has 0 aliphatic heterocycles. The van der Waals surface area contributed by atoms with E-state index in [1.165, 1.54) is 6.07 Å². The first-order valence-electron chi connectivity index (χ1n) is 8.50. The third-order valence-corrected chi connectivity index (χ3v) is 4.72. The van der Waals surface area contributed by atoms with Crippen LogP contribution >= 0.6 is 0 Å². The fourth-order valence-corrected chi connectivity index (χ4v) is 3.49. The summed E-state index contributed by atoms with van der Waals surface area (Å²) in [5.41, 5.74) is 1.09. The molecule has 138 valence electrons. The number of H-pyrrole nitrogens is 2. The molecule has 2 heterocycles. The van der Waals surface area contributed by atoms with Crippen LogP contribution in [0.4, 0.5) is 5.69 Å². The van der Waals surface area contributed by atoms with E-state index in [1.54, 1.807) is 6.20 Å². The molecular formula is C18H16N4O5. The molecule has 1 unspecified atom stereocenters. The SMILES string of the molecule is O=c1[nH]c2cc([N+](=O)[O-])c3c(c2[nH]c1=O)CC(OCCc1ccccn1)C3. The number of nitro groups is 1. The maximum Gasteiger partial charge on any atom is 0.314 e. The van der Waals surface area contributed by atoms with Crippen LogP contribution in [0.15, 0.2) is 40.1 Å². The molecule has 1 aliphatic carbocycles. The molecule has 1 aromatic carbocycles. The summed E-state index contributed by atoms with van der Waals surface area (Å²) in [6.45, 7) is 0.439. The third-order valence-electron chi connectivity index (χ3n) is 4.72. The number of aromatic amines is 2. The molecule has 27 heavy (non-hydrogen) atoms. The molecular weight excluding hydrogens is 352 g/mol. The molecule has 3 aromatic rings. The number of ether oxygens (including phenoxy) is 1. The number of hydrogen-bond donors (Lipinski definition) is 2. The van der Waals surface area contributed by atoms with Crippen LogP contribution in [0.3, 0.4) is 0 Å². The molecule has 1 atom stereocenters. The Labute approximate surface area is 152 Å². The van der Waals surface area contributed by atoms with Crippen LogP contribution in [-0.4, -0.2) is 32.6 Å². The number of benzene rings is 1. The van der Waals surface area contributed by atoms with Gasteiger partial charge in [-0.15, -0.1) is 0 Å². The van der Waals surface area contributed by atoms with Crippen molar-refractivity contribution in [3.8, 4) is 0 Å². The molecule has 0 saturated carbocycles. The first-order chi connectivity index (χ1) is 13.0. The normalized spacial score (nSPS) is 15.8. The van der Waals surface area contributed by atoms with E-state index in [0.717, 1.165) is 5.69 Å². The summed E-state index contributed by atoms with van der Waals surface area (Å²) in [6.07, 6.45) is 2.93. The molecule has 9 nitrogen and oxygen atoms in total. The molecule has 9 heteroatoms. The molecule has 0 spiro atoms. The van der Waals surface area contributed by atoms with Crippen LogP contribution in [0.1, 0.15) is 16.8 Å². The standard InChI is InChI=1S/C18H16N4O5/c23-17-18(24)21-16-13-8-11(27-6-4-10-3-1-2-5-19-10)7-12(13)15(22(25)26)9-14(16)20-17/h1-3,5,9,11H,4,6-8H2,(H,20,23)(H,21,24). The zero-order valence-corrected chi connectivity index (χ0v) is 14.2. The predicted molar refractivity (Wildman–Crippen MR) is 96.9 cm³/mol. The highest BCUT2D eigenvalue weighted by molar-refractivity contribution is 5.83. The first-order valence-corrected chi connectivity index (χ1v) is 8.50. The van der Waals surface area contributed by atoms with E-state index in [2.05, 4.69) is 15.0 Å². The number of pyridine rings is 1. The van der Waals surface area contributed by atoms with Crippen LogP contribution in [-0.2, 0) is 24.0 Å². The highest BCUT2D eigenvalue weighted by Gasteiger charge is 2.32. The van der Waals surface area contributed by atoms with Crippen molar-refractivity contribution in [2.24, 2.45) is 0 Å². The maximum atomic E-state index is 11.7. The summed E-state index contributed by atoms with van der Waals surface area (Å²) < 4.78 is 5.90. The molecule has 0 radical (unpaired) electrons. The Morgan fingerprint density at radius 1 is 1.19 bits per heavy atom. The number of nitrogens with one attached hydrogen (secondary N) is 2. The van der Waals surface area contributed by atoms with Gasteiger partial charge >= 0.3 is 11.1 Å². The highest BCUT2D eigenvalue weighted by Crippen LogP contribution is 2.36. The van der Waals surface area contributed by atoms with Crippen LogP contribution in [0, 0.1) is 10.1 Å². The second-order valence-electron chi connectivity index (χ2n) is 6.41.